The number of rotatable bonds is 4. The molecule has 0 amide bonds. The van der Waals surface area contributed by atoms with Crippen molar-refractivity contribution in [3.05, 3.63) is 24.0 Å². The lowest BCUT2D eigenvalue weighted by atomic mass is 9.82. The van der Waals surface area contributed by atoms with Crippen molar-refractivity contribution in [1.82, 2.24) is 4.98 Å². The zero-order valence-corrected chi connectivity index (χ0v) is 11.6. The third-order valence-corrected chi connectivity index (χ3v) is 3.51. The van der Waals surface area contributed by atoms with Gasteiger partial charge in [-0.3, -0.25) is 9.78 Å². The van der Waals surface area contributed by atoms with Gasteiger partial charge in [-0.15, -0.1) is 0 Å². The van der Waals surface area contributed by atoms with Crippen molar-refractivity contribution in [2.24, 2.45) is 11.7 Å². The Morgan fingerprint density at radius 3 is 2.63 bits per heavy atom. The van der Waals surface area contributed by atoms with Crippen LogP contribution in [0.5, 0.6) is 5.75 Å². The summed E-state index contributed by atoms with van der Waals surface area (Å²) in [7, 11) is 0. The second kappa shape index (κ2) is 6.15. The predicted molar refractivity (Wildman–Crippen MR) is 74.3 cm³/mol. The number of ketones is 1. The SMILES string of the molecule is CC(C)Oc1cncc(C(=O)C2CCC(N)CC2)c1. The first-order valence-corrected chi connectivity index (χ1v) is 6.97. The molecule has 2 N–H and O–H groups in total. The van der Waals surface area contributed by atoms with Crippen LogP contribution in [0.15, 0.2) is 18.5 Å². The van der Waals surface area contributed by atoms with Gasteiger partial charge < -0.3 is 10.5 Å². The standard InChI is InChI=1S/C15H22N2O2/c1-10(2)19-14-7-12(8-17-9-14)15(18)11-3-5-13(16)6-4-11/h7-11,13H,3-6,16H2,1-2H3. The molecule has 1 aromatic heterocycles. The lowest BCUT2D eigenvalue weighted by Gasteiger charge is -2.25. The van der Waals surface area contributed by atoms with Gasteiger partial charge in [0.05, 0.1) is 12.3 Å². The van der Waals surface area contributed by atoms with E-state index in [2.05, 4.69) is 4.98 Å². The van der Waals surface area contributed by atoms with Gasteiger partial charge in [0.15, 0.2) is 5.78 Å². The van der Waals surface area contributed by atoms with E-state index in [4.69, 9.17) is 10.5 Å². The first-order valence-electron chi connectivity index (χ1n) is 6.97. The van der Waals surface area contributed by atoms with Crippen molar-refractivity contribution >= 4 is 5.78 Å². The van der Waals surface area contributed by atoms with Gasteiger partial charge in [0.25, 0.3) is 0 Å². The number of ether oxygens (including phenoxy) is 1. The van der Waals surface area contributed by atoms with Crippen LogP contribution >= 0.6 is 0 Å². The molecule has 104 valence electrons. The molecule has 0 unspecified atom stereocenters. The maximum Gasteiger partial charge on any atom is 0.167 e. The Bertz CT molecular complexity index is 438. The summed E-state index contributed by atoms with van der Waals surface area (Å²) >= 11 is 0. The monoisotopic (exact) mass is 262 g/mol. The molecule has 0 aromatic carbocycles. The van der Waals surface area contributed by atoms with Crippen molar-refractivity contribution < 1.29 is 9.53 Å². The fourth-order valence-electron chi connectivity index (χ4n) is 2.51. The number of aromatic nitrogens is 1. The lowest BCUT2D eigenvalue weighted by molar-refractivity contribution is 0.0883. The molecule has 4 nitrogen and oxygen atoms in total. The summed E-state index contributed by atoms with van der Waals surface area (Å²) in [5.41, 5.74) is 6.52. The lowest BCUT2D eigenvalue weighted by Crippen LogP contribution is -2.29. The van der Waals surface area contributed by atoms with Crippen LogP contribution in [0.3, 0.4) is 0 Å². The molecule has 0 saturated heterocycles. The van der Waals surface area contributed by atoms with E-state index in [1.807, 2.05) is 13.8 Å². The Labute approximate surface area is 114 Å². The van der Waals surface area contributed by atoms with Gasteiger partial charge in [0, 0.05) is 23.7 Å². The minimum atomic E-state index is 0.0832. The number of nitrogens with zero attached hydrogens (tertiary/aromatic N) is 1. The highest BCUT2D eigenvalue weighted by atomic mass is 16.5. The number of hydrogen-bond donors (Lipinski definition) is 1. The summed E-state index contributed by atoms with van der Waals surface area (Å²) in [6, 6.07) is 2.06. The summed E-state index contributed by atoms with van der Waals surface area (Å²) < 4.78 is 5.57. The van der Waals surface area contributed by atoms with Crippen LogP contribution in [0.2, 0.25) is 0 Å². The summed E-state index contributed by atoms with van der Waals surface area (Å²) in [5.74, 6) is 0.929. The van der Waals surface area contributed by atoms with E-state index < -0.39 is 0 Å². The highest BCUT2D eigenvalue weighted by Crippen LogP contribution is 2.27. The Balaban J connectivity index is 2.06. The number of nitrogens with two attached hydrogens (primary N) is 1. The number of carbonyl (C=O) groups excluding carboxylic acids is 1. The Kier molecular flexibility index (Phi) is 4.53. The maximum atomic E-state index is 12.4. The molecule has 4 heteroatoms. The summed E-state index contributed by atoms with van der Waals surface area (Å²) in [6.45, 7) is 3.91. The average molecular weight is 262 g/mol. The molecular formula is C15H22N2O2. The van der Waals surface area contributed by atoms with Crippen LogP contribution in [-0.2, 0) is 0 Å². The van der Waals surface area contributed by atoms with E-state index >= 15 is 0 Å². The number of carbonyl (C=O) groups is 1. The van der Waals surface area contributed by atoms with Crippen molar-refractivity contribution in [1.29, 1.82) is 0 Å². The third-order valence-electron chi connectivity index (χ3n) is 3.51. The van der Waals surface area contributed by atoms with E-state index in [-0.39, 0.29) is 23.8 Å². The molecule has 1 heterocycles. The molecule has 1 aliphatic rings. The molecule has 19 heavy (non-hydrogen) atoms. The maximum absolute atomic E-state index is 12.4. The Morgan fingerprint density at radius 1 is 1.32 bits per heavy atom. The topological polar surface area (TPSA) is 65.2 Å². The quantitative estimate of drug-likeness (QED) is 0.847. The number of pyridine rings is 1. The smallest absolute Gasteiger partial charge is 0.167 e. The molecule has 1 aromatic rings. The van der Waals surface area contributed by atoms with Crippen LogP contribution < -0.4 is 10.5 Å². The van der Waals surface area contributed by atoms with Gasteiger partial charge in [-0.2, -0.15) is 0 Å². The molecule has 0 bridgehead atoms. The van der Waals surface area contributed by atoms with Gasteiger partial charge >= 0.3 is 0 Å². The van der Waals surface area contributed by atoms with Crippen molar-refractivity contribution in [2.45, 2.75) is 51.7 Å². The van der Waals surface area contributed by atoms with Gasteiger partial charge in [-0.1, -0.05) is 0 Å². The fraction of sp³-hybridized carbons (Fsp3) is 0.600. The van der Waals surface area contributed by atoms with Gasteiger partial charge in [0.2, 0.25) is 0 Å². The molecule has 0 spiro atoms. The van der Waals surface area contributed by atoms with Crippen molar-refractivity contribution in [3.8, 4) is 5.75 Å². The summed E-state index contributed by atoms with van der Waals surface area (Å²) in [4.78, 5) is 16.5. The second-order valence-corrected chi connectivity index (χ2v) is 5.55. The molecule has 0 atom stereocenters. The number of hydrogen-bond acceptors (Lipinski definition) is 4. The predicted octanol–water partition coefficient (Wildman–Crippen LogP) is 2.57. The molecule has 0 radical (unpaired) electrons. The summed E-state index contributed by atoms with van der Waals surface area (Å²) in [6.07, 6.45) is 7.00. The van der Waals surface area contributed by atoms with Crippen LogP contribution in [0.25, 0.3) is 0 Å². The average Bonchev–Trinajstić information content (AvgIpc) is 2.38. The molecule has 1 saturated carbocycles. The highest BCUT2D eigenvalue weighted by Gasteiger charge is 2.25. The minimum Gasteiger partial charge on any atom is -0.489 e. The Morgan fingerprint density at radius 2 is 2.00 bits per heavy atom. The Hall–Kier alpha value is -1.42. The minimum absolute atomic E-state index is 0.0832. The molecule has 1 fully saturated rings. The van der Waals surface area contributed by atoms with E-state index in [9.17, 15) is 4.79 Å². The molecule has 2 rings (SSSR count). The van der Waals surface area contributed by atoms with Crippen LogP contribution in [0, 0.1) is 5.92 Å². The van der Waals surface area contributed by atoms with Gasteiger partial charge in [-0.05, 0) is 45.6 Å². The third kappa shape index (κ3) is 3.77. The zero-order chi connectivity index (χ0) is 13.8. The zero-order valence-electron chi connectivity index (χ0n) is 11.6. The van der Waals surface area contributed by atoms with Crippen molar-refractivity contribution in [2.75, 3.05) is 0 Å². The van der Waals surface area contributed by atoms with Gasteiger partial charge in [-0.25, -0.2) is 0 Å². The first-order chi connectivity index (χ1) is 9.06. The largest absolute Gasteiger partial charge is 0.489 e. The summed E-state index contributed by atoms with van der Waals surface area (Å²) in [5, 5.41) is 0. The van der Waals surface area contributed by atoms with E-state index in [1.165, 1.54) is 0 Å². The molecular weight excluding hydrogens is 240 g/mol. The van der Waals surface area contributed by atoms with Crippen LogP contribution in [0.4, 0.5) is 0 Å². The molecule has 1 aliphatic carbocycles. The van der Waals surface area contributed by atoms with Crippen LogP contribution in [0.1, 0.15) is 49.9 Å². The fourth-order valence-corrected chi connectivity index (χ4v) is 2.51. The normalized spacial score (nSPS) is 23.4. The van der Waals surface area contributed by atoms with Crippen LogP contribution in [-0.4, -0.2) is 22.9 Å². The van der Waals surface area contributed by atoms with Crippen molar-refractivity contribution in [3.63, 3.8) is 0 Å². The second-order valence-electron chi connectivity index (χ2n) is 5.55. The van der Waals surface area contributed by atoms with E-state index in [1.54, 1.807) is 18.5 Å². The molecule has 0 aliphatic heterocycles. The number of Topliss-reactive ketones (excluding diaryl/α,β-unsaturated/α-hetero) is 1. The van der Waals surface area contributed by atoms with Gasteiger partial charge in [0.1, 0.15) is 5.75 Å². The van der Waals surface area contributed by atoms with E-state index in [0.717, 1.165) is 25.7 Å². The highest BCUT2D eigenvalue weighted by molar-refractivity contribution is 5.97. The first kappa shape index (κ1) is 14.0. The van der Waals surface area contributed by atoms with E-state index in [0.29, 0.717) is 11.3 Å².